The van der Waals surface area contributed by atoms with E-state index < -0.39 is 5.69 Å². The maximum Gasteiger partial charge on any atom is 0.363 e. The fraction of sp³-hybridized carbons (Fsp3) is 0.0909. The van der Waals surface area contributed by atoms with E-state index in [-0.39, 0.29) is 0 Å². The zero-order chi connectivity index (χ0) is 13.0. The third-order valence-electron chi connectivity index (χ3n) is 2.15. The average molecular weight is 264 g/mol. The molecule has 92 valence electrons. The van der Waals surface area contributed by atoms with Gasteiger partial charge < -0.3 is 0 Å². The highest BCUT2D eigenvalue weighted by Gasteiger charge is 2.00. The van der Waals surface area contributed by atoms with E-state index in [0.717, 1.165) is 5.56 Å². The van der Waals surface area contributed by atoms with Gasteiger partial charge in [0, 0.05) is 10.6 Å². The van der Waals surface area contributed by atoms with Crippen molar-refractivity contribution < 1.29 is 0 Å². The zero-order valence-corrected chi connectivity index (χ0v) is 10.3. The Bertz CT molecular complexity index is 637. The number of rotatable bonds is 3. The summed E-state index contributed by atoms with van der Waals surface area (Å²) in [5.74, 6) is 0.307. The van der Waals surface area contributed by atoms with Crippen LogP contribution in [0, 0.1) is 6.92 Å². The van der Waals surface area contributed by atoms with Gasteiger partial charge in [-0.1, -0.05) is 29.8 Å². The van der Waals surface area contributed by atoms with E-state index in [0.29, 0.717) is 16.5 Å². The molecule has 2 aromatic rings. The highest BCUT2D eigenvalue weighted by atomic mass is 35.5. The molecule has 0 fully saturated rings. The van der Waals surface area contributed by atoms with E-state index >= 15 is 0 Å². The number of halogens is 1. The van der Waals surface area contributed by atoms with Crippen LogP contribution in [-0.2, 0) is 0 Å². The van der Waals surface area contributed by atoms with Crippen LogP contribution in [-0.4, -0.2) is 21.4 Å². The molecule has 0 atom stereocenters. The minimum absolute atomic E-state index is 0.307. The van der Waals surface area contributed by atoms with Crippen LogP contribution in [0.2, 0.25) is 5.02 Å². The molecule has 0 aliphatic heterocycles. The van der Waals surface area contributed by atoms with Gasteiger partial charge >= 0.3 is 5.69 Å². The molecular weight excluding hydrogens is 254 g/mol. The van der Waals surface area contributed by atoms with Crippen molar-refractivity contribution in [2.45, 2.75) is 6.92 Å². The van der Waals surface area contributed by atoms with Crippen molar-refractivity contribution in [3.05, 3.63) is 51.0 Å². The van der Waals surface area contributed by atoms with Gasteiger partial charge in [0.2, 0.25) is 0 Å². The fourth-order valence-corrected chi connectivity index (χ4v) is 1.43. The Kier molecular flexibility index (Phi) is 3.69. The fourth-order valence-electron chi connectivity index (χ4n) is 1.24. The molecule has 1 heterocycles. The monoisotopic (exact) mass is 263 g/mol. The molecule has 0 aliphatic carbocycles. The molecule has 0 aliphatic rings. The lowest BCUT2D eigenvalue weighted by Gasteiger charge is -2.01. The molecule has 0 spiro atoms. The van der Waals surface area contributed by atoms with Crippen LogP contribution >= 0.6 is 11.6 Å². The summed E-state index contributed by atoms with van der Waals surface area (Å²) in [6.07, 6.45) is 1.55. The van der Waals surface area contributed by atoms with Crippen LogP contribution in [0.3, 0.4) is 0 Å². The van der Waals surface area contributed by atoms with Crippen molar-refractivity contribution >= 4 is 23.6 Å². The average Bonchev–Trinajstić information content (AvgIpc) is 2.36. The largest absolute Gasteiger partial charge is 0.363 e. The maximum absolute atomic E-state index is 11.0. The van der Waals surface area contributed by atoms with Gasteiger partial charge in [0.1, 0.15) is 5.69 Å². The number of aromatic nitrogens is 3. The van der Waals surface area contributed by atoms with Crippen LogP contribution in [0.1, 0.15) is 11.3 Å². The first-order chi connectivity index (χ1) is 8.66. The molecular formula is C11H10ClN5O. The quantitative estimate of drug-likeness (QED) is 0.650. The number of nitrogens with one attached hydrogen (secondary N) is 2. The number of aromatic amines is 1. The summed E-state index contributed by atoms with van der Waals surface area (Å²) < 4.78 is 0. The molecule has 0 bridgehead atoms. The lowest BCUT2D eigenvalue weighted by Crippen LogP contribution is -2.15. The topological polar surface area (TPSA) is 83.0 Å². The first-order valence-corrected chi connectivity index (χ1v) is 5.51. The molecule has 0 unspecified atom stereocenters. The van der Waals surface area contributed by atoms with Crippen LogP contribution in [0.25, 0.3) is 0 Å². The summed E-state index contributed by atoms with van der Waals surface area (Å²) in [6.45, 7) is 1.70. The molecule has 2 rings (SSSR count). The zero-order valence-electron chi connectivity index (χ0n) is 9.51. The van der Waals surface area contributed by atoms with Crippen LogP contribution < -0.4 is 11.1 Å². The molecule has 7 heteroatoms. The normalized spacial score (nSPS) is 10.8. The number of hydrazone groups is 1. The van der Waals surface area contributed by atoms with E-state index in [1.54, 1.807) is 19.2 Å². The van der Waals surface area contributed by atoms with Gasteiger partial charge in [0.05, 0.1) is 6.21 Å². The molecule has 0 saturated carbocycles. The third-order valence-corrected chi connectivity index (χ3v) is 2.50. The van der Waals surface area contributed by atoms with Crippen LogP contribution in [0.5, 0.6) is 0 Å². The summed E-state index contributed by atoms with van der Waals surface area (Å²) in [5.41, 5.74) is 3.43. The Labute approximate surface area is 108 Å². The number of anilines is 1. The van der Waals surface area contributed by atoms with E-state index in [9.17, 15) is 4.79 Å². The van der Waals surface area contributed by atoms with E-state index in [2.05, 4.69) is 25.7 Å². The Balaban J connectivity index is 2.15. The van der Waals surface area contributed by atoms with Crippen molar-refractivity contribution in [3.63, 3.8) is 0 Å². The Hall–Kier alpha value is -2.21. The summed E-state index contributed by atoms with van der Waals surface area (Å²) in [7, 11) is 0. The van der Waals surface area contributed by atoms with Gasteiger partial charge in [-0.15, -0.1) is 0 Å². The minimum Gasteiger partial charge on any atom is -0.260 e. The van der Waals surface area contributed by atoms with Crippen molar-refractivity contribution in [2.24, 2.45) is 5.10 Å². The lowest BCUT2D eigenvalue weighted by atomic mass is 10.2. The standard InChI is InChI=1S/C11H10ClN5O/c1-7-10(14-11(18)17-15-7)16-13-6-8-4-2-3-5-9(8)12/h2-6H,1H3,(H2,14,16,17,18)/b13-6-. The smallest absolute Gasteiger partial charge is 0.260 e. The second-order valence-corrected chi connectivity index (χ2v) is 3.87. The maximum atomic E-state index is 11.0. The Morgan fingerprint density at radius 3 is 3.00 bits per heavy atom. The molecule has 1 aromatic carbocycles. The number of H-pyrrole nitrogens is 1. The van der Waals surface area contributed by atoms with Gasteiger partial charge in [-0.25, -0.2) is 9.89 Å². The van der Waals surface area contributed by atoms with Gasteiger partial charge in [-0.3, -0.25) is 5.43 Å². The minimum atomic E-state index is -0.531. The van der Waals surface area contributed by atoms with Crippen molar-refractivity contribution in [3.8, 4) is 0 Å². The molecule has 6 nitrogen and oxygen atoms in total. The first-order valence-electron chi connectivity index (χ1n) is 5.14. The van der Waals surface area contributed by atoms with Crippen molar-refractivity contribution in [1.29, 1.82) is 0 Å². The number of hydrogen-bond donors (Lipinski definition) is 2. The SMILES string of the molecule is Cc1n[nH]c(=O)nc1N/N=C\c1ccccc1Cl. The lowest BCUT2D eigenvalue weighted by molar-refractivity contribution is 0.879. The van der Waals surface area contributed by atoms with Crippen LogP contribution in [0.4, 0.5) is 5.82 Å². The molecule has 1 aromatic heterocycles. The van der Waals surface area contributed by atoms with Gasteiger partial charge in [0.15, 0.2) is 5.82 Å². The third kappa shape index (κ3) is 2.92. The molecule has 2 N–H and O–H groups in total. The van der Waals surface area contributed by atoms with E-state index in [1.165, 1.54) is 0 Å². The van der Waals surface area contributed by atoms with Crippen molar-refractivity contribution in [2.75, 3.05) is 5.43 Å². The second-order valence-electron chi connectivity index (χ2n) is 3.47. The predicted octanol–water partition coefficient (Wildman–Crippen LogP) is 1.57. The summed E-state index contributed by atoms with van der Waals surface area (Å²) in [5, 5.41) is 10.5. The number of benzene rings is 1. The van der Waals surface area contributed by atoms with Crippen LogP contribution in [0.15, 0.2) is 34.2 Å². The molecule has 0 amide bonds. The van der Waals surface area contributed by atoms with Gasteiger partial charge in [-0.2, -0.15) is 15.2 Å². The van der Waals surface area contributed by atoms with Gasteiger partial charge in [-0.05, 0) is 13.0 Å². The summed E-state index contributed by atoms with van der Waals surface area (Å²) >= 11 is 5.96. The molecule has 0 radical (unpaired) electrons. The van der Waals surface area contributed by atoms with E-state index in [1.807, 2.05) is 18.2 Å². The van der Waals surface area contributed by atoms with E-state index in [4.69, 9.17) is 11.6 Å². The molecule has 18 heavy (non-hydrogen) atoms. The Morgan fingerprint density at radius 2 is 2.22 bits per heavy atom. The number of aryl methyl sites for hydroxylation is 1. The van der Waals surface area contributed by atoms with Gasteiger partial charge in [0.25, 0.3) is 0 Å². The summed E-state index contributed by atoms with van der Waals surface area (Å²) in [6, 6.07) is 7.27. The number of hydrogen-bond acceptors (Lipinski definition) is 5. The van der Waals surface area contributed by atoms with Crippen molar-refractivity contribution in [1.82, 2.24) is 15.2 Å². The first kappa shape index (κ1) is 12.3. The highest BCUT2D eigenvalue weighted by molar-refractivity contribution is 6.33. The number of nitrogens with zero attached hydrogens (tertiary/aromatic N) is 3. The second kappa shape index (κ2) is 5.42. The Morgan fingerprint density at radius 1 is 1.44 bits per heavy atom. The summed E-state index contributed by atoms with van der Waals surface area (Å²) in [4.78, 5) is 14.7. The highest BCUT2D eigenvalue weighted by Crippen LogP contribution is 2.12. The molecule has 0 saturated heterocycles. The predicted molar refractivity (Wildman–Crippen MR) is 70.1 cm³/mol.